The highest BCUT2D eigenvalue weighted by molar-refractivity contribution is 9.10. The van der Waals surface area contributed by atoms with Gasteiger partial charge in [0.2, 0.25) is 0 Å². The van der Waals surface area contributed by atoms with E-state index in [2.05, 4.69) is 31.9 Å². The van der Waals surface area contributed by atoms with Crippen molar-refractivity contribution in [3.8, 4) is 23.0 Å². The van der Waals surface area contributed by atoms with Crippen molar-refractivity contribution in [2.24, 2.45) is 5.92 Å². The van der Waals surface area contributed by atoms with Crippen LogP contribution < -0.4 is 14.2 Å². The number of benzene rings is 2. The molecule has 24 heavy (non-hydrogen) atoms. The van der Waals surface area contributed by atoms with Gasteiger partial charge in [-0.25, -0.2) is 0 Å². The highest BCUT2D eigenvalue weighted by atomic mass is 79.9. The number of ether oxygens (including phenoxy) is 3. The Bertz CT molecular complexity index is 672. The lowest BCUT2D eigenvalue weighted by molar-refractivity contribution is 0.280. The van der Waals surface area contributed by atoms with Crippen molar-refractivity contribution in [1.29, 1.82) is 0 Å². The van der Waals surface area contributed by atoms with E-state index in [0.717, 1.165) is 33.0 Å². The van der Waals surface area contributed by atoms with E-state index in [1.165, 1.54) is 20.0 Å². The Morgan fingerprint density at radius 2 is 1.50 bits per heavy atom. The lowest BCUT2D eigenvalue weighted by Gasteiger charge is -2.10. The van der Waals surface area contributed by atoms with Crippen LogP contribution in [0.2, 0.25) is 0 Å². The van der Waals surface area contributed by atoms with Gasteiger partial charge in [-0.1, -0.05) is 31.9 Å². The predicted octanol–water partition coefficient (Wildman–Crippen LogP) is 5.41. The van der Waals surface area contributed by atoms with Crippen molar-refractivity contribution >= 4 is 31.9 Å². The van der Waals surface area contributed by atoms with E-state index < -0.39 is 0 Å². The van der Waals surface area contributed by atoms with E-state index in [1.807, 2.05) is 18.2 Å². The van der Waals surface area contributed by atoms with E-state index in [9.17, 15) is 0 Å². The molecule has 0 bridgehead atoms. The standard InChI is InChI=1S/C11H13BrO2.C7H7BrO2/c1-13-10-5-4-9(12)6-11(10)14-7-8-2-3-8;1-10-7-3-2-5(8)4-6(7)9/h4-6,8H,2-3,7H2,1H3;2-4,9H,1H3. The summed E-state index contributed by atoms with van der Waals surface area (Å²) in [6.45, 7) is 0.812. The van der Waals surface area contributed by atoms with Gasteiger partial charge in [-0.15, -0.1) is 0 Å². The second-order valence-electron chi connectivity index (χ2n) is 5.37. The third-order valence-electron chi connectivity index (χ3n) is 3.44. The van der Waals surface area contributed by atoms with Crippen LogP contribution in [0.25, 0.3) is 0 Å². The molecule has 2 aromatic carbocycles. The van der Waals surface area contributed by atoms with Gasteiger partial charge in [-0.3, -0.25) is 0 Å². The van der Waals surface area contributed by atoms with Crippen LogP contribution in [-0.4, -0.2) is 25.9 Å². The lowest BCUT2D eigenvalue weighted by atomic mass is 10.3. The Morgan fingerprint density at radius 1 is 0.917 bits per heavy atom. The number of aromatic hydroxyl groups is 1. The van der Waals surface area contributed by atoms with Crippen molar-refractivity contribution in [3.05, 3.63) is 45.3 Å². The number of phenols is 1. The average Bonchev–Trinajstić information content (AvgIpc) is 3.38. The molecule has 0 unspecified atom stereocenters. The van der Waals surface area contributed by atoms with Crippen LogP contribution in [0, 0.1) is 5.92 Å². The largest absolute Gasteiger partial charge is 0.504 e. The van der Waals surface area contributed by atoms with Gasteiger partial charge in [0.1, 0.15) is 0 Å². The molecule has 130 valence electrons. The summed E-state index contributed by atoms with van der Waals surface area (Å²) in [7, 11) is 3.18. The number of rotatable bonds is 5. The molecule has 3 rings (SSSR count). The summed E-state index contributed by atoms with van der Waals surface area (Å²) in [5, 5.41) is 9.14. The smallest absolute Gasteiger partial charge is 0.162 e. The molecule has 0 aliphatic heterocycles. The molecule has 0 amide bonds. The SMILES string of the molecule is COc1ccc(Br)cc1O.COc1ccc(Br)cc1OCC1CC1. The Labute approximate surface area is 159 Å². The molecule has 4 nitrogen and oxygen atoms in total. The molecule has 1 N–H and O–H groups in total. The van der Waals surface area contributed by atoms with Crippen molar-refractivity contribution in [2.45, 2.75) is 12.8 Å². The van der Waals surface area contributed by atoms with Crippen molar-refractivity contribution < 1.29 is 19.3 Å². The van der Waals surface area contributed by atoms with Gasteiger partial charge in [0.25, 0.3) is 0 Å². The molecule has 0 spiro atoms. The van der Waals surface area contributed by atoms with E-state index in [0.29, 0.717) is 5.75 Å². The number of halogens is 2. The minimum atomic E-state index is 0.150. The molecular formula is C18H20Br2O4. The van der Waals surface area contributed by atoms with E-state index in [-0.39, 0.29) is 5.75 Å². The first kappa shape index (κ1) is 18.9. The average molecular weight is 460 g/mol. The summed E-state index contributed by atoms with van der Waals surface area (Å²) in [5.74, 6) is 3.03. The zero-order chi connectivity index (χ0) is 17.5. The van der Waals surface area contributed by atoms with Crippen LogP contribution in [0.4, 0.5) is 0 Å². The maximum atomic E-state index is 9.14. The van der Waals surface area contributed by atoms with Crippen LogP contribution in [-0.2, 0) is 0 Å². The molecule has 0 saturated heterocycles. The molecule has 1 aliphatic carbocycles. The first-order valence-corrected chi connectivity index (χ1v) is 9.11. The van der Waals surface area contributed by atoms with Crippen LogP contribution >= 0.6 is 31.9 Å². The number of methoxy groups -OCH3 is 2. The van der Waals surface area contributed by atoms with Gasteiger partial charge in [-0.05, 0) is 55.2 Å². The summed E-state index contributed by atoms with van der Waals surface area (Å²) >= 11 is 6.62. The fraction of sp³-hybridized carbons (Fsp3) is 0.333. The Hall–Kier alpha value is -1.40. The zero-order valence-electron chi connectivity index (χ0n) is 13.6. The normalized spacial score (nSPS) is 12.8. The van der Waals surface area contributed by atoms with Gasteiger partial charge in [0, 0.05) is 8.95 Å². The molecule has 1 fully saturated rings. The summed E-state index contributed by atoms with van der Waals surface area (Å²) in [6, 6.07) is 10.9. The lowest BCUT2D eigenvalue weighted by Crippen LogP contribution is -2.00. The monoisotopic (exact) mass is 458 g/mol. The van der Waals surface area contributed by atoms with Gasteiger partial charge in [0.15, 0.2) is 23.0 Å². The number of phenolic OH excluding ortho intramolecular Hbond substituents is 1. The van der Waals surface area contributed by atoms with Gasteiger partial charge < -0.3 is 19.3 Å². The van der Waals surface area contributed by atoms with Crippen LogP contribution in [0.5, 0.6) is 23.0 Å². The van der Waals surface area contributed by atoms with Crippen LogP contribution in [0.15, 0.2) is 45.3 Å². The Kier molecular flexibility index (Phi) is 7.24. The predicted molar refractivity (Wildman–Crippen MR) is 101 cm³/mol. The fourth-order valence-corrected chi connectivity index (χ4v) is 2.61. The van der Waals surface area contributed by atoms with E-state index in [1.54, 1.807) is 25.3 Å². The first-order valence-electron chi connectivity index (χ1n) is 7.52. The summed E-state index contributed by atoms with van der Waals surface area (Å²) in [5.41, 5.74) is 0. The maximum Gasteiger partial charge on any atom is 0.162 e. The van der Waals surface area contributed by atoms with Gasteiger partial charge in [0.05, 0.1) is 20.8 Å². The molecule has 2 aromatic rings. The molecule has 6 heteroatoms. The highest BCUT2D eigenvalue weighted by Crippen LogP contribution is 2.34. The van der Waals surface area contributed by atoms with Crippen LogP contribution in [0.3, 0.4) is 0 Å². The molecule has 0 radical (unpaired) electrons. The maximum absolute atomic E-state index is 9.14. The molecule has 0 atom stereocenters. The minimum Gasteiger partial charge on any atom is -0.504 e. The zero-order valence-corrected chi connectivity index (χ0v) is 16.8. The molecule has 1 aliphatic rings. The second kappa shape index (κ2) is 9.18. The number of hydrogen-bond donors (Lipinski definition) is 1. The van der Waals surface area contributed by atoms with Crippen molar-refractivity contribution in [1.82, 2.24) is 0 Å². The highest BCUT2D eigenvalue weighted by Gasteiger charge is 2.22. The first-order chi connectivity index (χ1) is 11.5. The van der Waals surface area contributed by atoms with Gasteiger partial charge in [-0.2, -0.15) is 0 Å². The van der Waals surface area contributed by atoms with E-state index >= 15 is 0 Å². The quantitative estimate of drug-likeness (QED) is 0.649. The molecule has 0 heterocycles. The second-order valence-corrected chi connectivity index (χ2v) is 7.20. The van der Waals surface area contributed by atoms with Gasteiger partial charge >= 0.3 is 0 Å². The Morgan fingerprint density at radius 3 is 2.04 bits per heavy atom. The number of hydrogen-bond acceptors (Lipinski definition) is 4. The van der Waals surface area contributed by atoms with Crippen LogP contribution in [0.1, 0.15) is 12.8 Å². The third-order valence-corrected chi connectivity index (χ3v) is 4.42. The van der Waals surface area contributed by atoms with Crippen molar-refractivity contribution in [3.63, 3.8) is 0 Å². The molecular weight excluding hydrogens is 440 g/mol. The topological polar surface area (TPSA) is 47.9 Å². The summed E-state index contributed by atoms with van der Waals surface area (Å²) in [4.78, 5) is 0. The summed E-state index contributed by atoms with van der Waals surface area (Å²) in [6.07, 6.45) is 2.60. The molecule has 1 saturated carbocycles. The fourth-order valence-electron chi connectivity index (χ4n) is 1.92. The summed E-state index contributed by atoms with van der Waals surface area (Å²) < 4.78 is 17.6. The third kappa shape index (κ3) is 5.91. The van der Waals surface area contributed by atoms with E-state index in [4.69, 9.17) is 19.3 Å². The minimum absolute atomic E-state index is 0.150. The van der Waals surface area contributed by atoms with Crippen molar-refractivity contribution in [2.75, 3.05) is 20.8 Å². The molecule has 0 aromatic heterocycles. The Balaban J connectivity index is 0.000000185.